The molecular weight excluding hydrogens is 562 g/mol. The molecule has 12 heteroatoms. The SMILES string of the molecule is CCC(C)COC(=O)Oc1ccc(CC(N)(C[C@H](C)OC(=O)Oc2ccccc2)C(=O)O)cc1OC(=O)OCC(C)CC. The molecule has 0 aliphatic rings. The van der Waals surface area contributed by atoms with E-state index in [1.54, 1.807) is 30.3 Å². The third-order valence-electron chi connectivity index (χ3n) is 6.60. The monoisotopic (exact) mass is 603 g/mol. The van der Waals surface area contributed by atoms with Gasteiger partial charge in [-0.25, -0.2) is 14.4 Å². The fourth-order valence-corrected chi connectivity index (χ4v) is 3.65. The third-order valence-corrected chi connectivity index (χ3v) is 6.60. The maximum absolute atomic E-state index is 12.4. The molecule has 0 heterocycles. The fraction of sp³-hybridized carbons (Fsp3) is 0.484. The van der Waals surface area contributed by atoms with E-state index in [9.17, 15) is 24.3 Å². The molecule has 2 aromatic carbocycles. The first-order valence-corrected chi connectivity index (χ1v) is 14.1. The van der Waals surface area contributed by atoms with Gasteiger partial charge in [0.2, 0.25) is 0 Å². The fourth-order valence-electron chi connectivity index (χ4n) is 3.65. The largest absolute Gasteiger partial charge is 0.514 e. The summed E-state index contributed by atoms with van der Waals surface area (Å²) in [6.45, 7) is 9.43. The van der Waals surface area contributed by atoms with Crippen LogP contribution in [0.5, 0.6) is 17.2 Å². The standard InChI is InChI=1S/C31H41NO11/c1-6-20(3)18-38-28(35)42-25-14-13-23(15-26(25)43-29(36)39-19-21(4)7-2)17-31(32,27(33)34)16-22(5)40-30(37)41-24-11-9-8-10-12-24/h8-15,20-22H,6-7,16-19,32H2,1-5H3,(H,33,34)/t20?,21?,22-,31?/m0/s1. The van der Waals surface area contributed by atoms with Gasteiger partial charge in [0.25, 0.3) is 0 Å². The van der Waals surface area contributed by atoms with Crippen LogP contribution in [0.3, 0.4) is 0 Å². The second kappa shape index (κ2) is 17.0. The smallest absolute Gasteiger partial charge is 0.480 e. The molecular formula is C31H41NO11. The quantitative estimate of drug-likeness (QED) is 0.136. The molecule has 0 bridgehead atoms. The minimum Gasteiger partial charge on any atom is -0.480 e. The van der Waals surface area contributed by atoms with E-state index in [1.807, 2.05) is 27.7 Å². The number of ether oxygens (including phenoxy) is 6. The van der Waals surface area contributed by atoms with Crippen LogP contribution in [0, 0.1) is 11.8 Å². The molecule has 4 atom stereocenters. The summed E-state index contributed by atoms with van der Waals surface area (Å²) < 4.78 is 31.2. The Labute approximate surface area is 251 Å². The molecule has 236 valence electrons. The Bertz CT molecular complexity index is 1220. The summed E-state index contributed by atoms with van der Waals surface area (Å²) in [5, 5.41) is 9.98. The molecule has 2 aromatic rings. The van der Waals surface area contributed by atoms with Gasteiger partial charge in [-0.05, 0) is 48.6 Å². The zero-order valence-electron chi connectivity index (χ0n) is 25.2. The Morgan fingerprint density at radius 2 is 1.35 bits per heavy atom. The van der Waals surface area contributed by atoms with E-state index in [2.05, 4.69) is 0 Å². The number of para-hydroxylation sites is 1. The van der Waals surface area contributed by atoms with Crippen molar-refractivity contribution in [3.8, 4) is 17.2 Å². The maximum Gasteiger partial charge on any atom is 0.514 e. The summed E-state index contributed by atoms with van der Waals surface area (Å²) in [5.74, 6) is -1.23. The first-order valence-electron chi connectivity index (χ1n) is 14.1. The van der Waals surface area contributed by atoms with E-state index in [4.69, 9.17) is 34.2 Å². The van der Waals surface area contributed by atoms with Gasteiger partial charge in [0.15, 0.2) is 11.5 Å². The highest BCUT2D eigenvalue weighted by molar-refractivity contribution is 5.79. The molecule has 3 N–H and O–H groups in total. The van der Waals surface area contributed by atoms with Crippen molar-refractivity contribution in [2.75, 3.05) is 13.2 Å². The van der Waals surface area contributed by atoms with E-state index in [0.717, 1.165) is 12.8 Å². The molecule has 0 saturated carbocycles. The van der Waals surface area contributed by atoms with Crippen LogP contribution in [0.1, 0.15) is 59.4 Å². The molecule has 0 aliphatic carbocycles. The van der Waals surface area contributed by atoms with Crippen molar-refractivity contribution >= 4 is 24.4 Å². The molecule has 0 spiro atoms. The van der Waals surface area contributed by atoms with Crippen molar-refractivity contribution in [2.24, 2.45) is 17.6 Å². The average molecular weight is 604 g/mol. The molecule has 0 fully saturated rings. The van der Waals surface area contributed by atoms with Crippen LogP contribution >= 0.6 is 0 Å². The lowest BCUT2D eigenvalue weighted by Gasteiger charge is -2.28. The van der Waals surface area contributed by atoms with Gasteiger partial charge in [-0.1, -0.05) is 64.8 Å². The molecule has 0 radical (unpaired) electrons. The number of rotatable bonds is 15. The van der Waals surface area contributed by atoms with Crippen LogP contribution in [0.15, 0.2) is 48.5 Å². The topological polar surface area (TPSA) is 170 Å². The minimum absolute atomic E-state index is 0.0905. The Morgan fingerprint density at radius 3 is 1.88 bits per heavy atom. The van der Waals surface area contributed by atoms with Crippen LogP contribution in [-0.2, 0) is 25.4 Å². The number of carbonyl (C=O) groups excluding carboxylic acids is 3. The number of hydrogen-bond acceptors (Lipinski definition) is 11. The lowest BCUT2D eigenvalue weighted by atomic mass is 9.86. The second-order valence-electron chi connectivity index (χ2n) is 10.6. The summed E-state index contributed by atoms with van der Waals surface area (Å²) in [6.07, 6.45) is -2.96. The van der Waals surface area contributed by atoms with Crippen molar-refractivity contribution in [2.45, 2.75) is 71.9 Å². The van der Waals surface area contributed by atoms with Crippen LogP contribution in [0.2, 0.25) is 0 Å². The lowest BCUT2D eigenvalue weighted by Crippen LogP contribution is -2.52. The van der Waals surface area contributed by atoms with E-state index >= 15 is 0 Å². The van der Waals surface area contributed by atoms with Gasteiger partial charge >= 0.3 is 24.4 Å². The van der Waals surface area contributed by atoms with Crippen LogP contribution in [0.25, 0.3) is 0 Å². The van der Waals surface area contributed by atoms with Gasteiger partial charge in [-0.15, -0.1) is 0 Å². The number of carboxylic acid groups (broad SMARTS) is 1. The van der Waals surface area contributed by atoms with E-state index < -0.39 is 36.1 Å². The number of benzene rings is 2. The van der Waals surface area contributed by atoms with Crippen LogP contribution in [0.4, 0.5) is 14.4 Å². The second-order valence-corrected chi connectivity index (χ2v) is 10.6. The molecule has 0 saturated heterocycles. The van der Waals surface area contributed by atoms with Gasteiger partial charge in [0.1, 0.15) is 17.4 Å². The van der Waals surface area contributed by atoms with Gasteiger partial charge < -0.3 is 39.3 Å². The zero-order chi connectivity index (χ0) is 32.0. The lowest BCUT2D eigenvalue weighted by molar-refractivity contribution is -0.144. The molecule has 0 aromatic heterocycles. The molecule has 12 nitrogen and oxygen atoms in total. The minimum atomic E-state index is -1.90. The Balaban J connectivity index is 2.20. The maximum atomic E-state index is 12.4. The van der Waals surface area contributed by atoms with Crippen molar-refractivity contribution in [1.82, 2.24) is 0 Å². The Hall–Kier alpha value is -4.32. The number of carbonyl (C=O) groups is 4. The molecule has 0 amide bonds. The molecule has 2 rings (SSSR count). The summed E-state index contributed by atoms with van der Waals surface area (Å²) in [5.41, 5.74) is 4.70. The average Bonchev–Trinajstić information content (AvgIpc) is 2.96. The van der Waals surface area contributed by atoms with Crippen molar-refractivity contribution < 1.29 is 52.7 Å². The molecule has 43 heavy (non-hydrogen) atoms. The molecule has 0 aliphatic heterocycles. The number of carboxylic acids is 1. The van der Waals surface area contributed by atoms with E-state index in [0.29, 0.717) is 5.56 Å². The van der Waals surface area contributed by atoms with Gasteiger partial charge in [-0.2, -0.15) is 0 Å². The van der Waals surface area contributed by atoms with E-state index in [-0.39, 0.29) is 55.1 Å². The van der Waals surface area contributed by atoms with Gasteiger partial charge in [0.05, 0.1) is 13.2 Å². The van der Waals surface area contributed by atoms with Crippen molar-refractivity contribution in [3.63, 3.8) is 0 Å². The summed E-state index contributed by atoms with van der Waals surface area (Å²) >= 11 is 0. The number of hydrogen-bond donors (Lipinski definition) is 2. The highest BCUT2D eigenvalue weighted by Gasteiger charge is 2.37. The predicted molar refractivity (Wildman–Crippen MR) is 155 cm³/mol. The van der Waals surface area contributed by atoms with Crippen LogP contribution in [-0.4, -0.2) is 54.4 Å². The first kappa shape index (κ1) is 34.9. The van der Waals surface area contributed by atoms with E-state index in [1.165, 1.54) is 25.1 Å². The van der Waals surface area contributed by atoms with Crippen LogP contribution < -0.4 is 19.9 Å². The normalized spacial score (nSPS) is 14.3. The number of nitrogens with two attached hydrogens (primary N) is 1. The summed E-state index contributed by atoms with van der Waals surface area (Å²) in [6, 6.07) is 12.4. The highest BCUT2D eigenvalue weighted by atomic mass is 16.7. The Kier molecular flexibility index (Phi) is 13.8. The predicted octanol–water partition coefficient (Wildman–Crippen LogP) is 6.13. The van der Waals surface area contributed by atoms with Crippen molar-refractivity contribution in [3.05, 3.63) is 54.1 Å². The highest BCUT2D eigenvalue weighted by Crippen LogP contribution is 2.31. The van der Waals surface area contributed by atoms with Gasteiger partial charge in [0, 0.05) is 12.8 Å². The summed E-state index contributed by atoms with van der Waals surface area (Å²) in [4.78, 5) is 49.1. The molecule has 3 unspecified atom stereocenters. The van der Waals surface area contributed by atoms with Crippen molar-refractivity contribution in [1.29, 1.82) is 0 Å². The number of aliphatic carboxylic acids is 1. The zero-order valence-corrected chi connectivity index (χ0v) is 25.2. The third kappa shape index (κ3) is 12.2. The first-order chi connectivity index (χ1) is 20.3. The summed E-state index contributed by atoms with van der Waals surface area (Å²) in [7, 11) is 0. The Morgan fingerprint density at radius 1 is 0.791 bits per heavy atom. The van der Waals surface area contributed by atoms with Gasteiger partial charge in [-0.3, -0.25) is 4.79 Å².